The van der Waals surface area contributed by atoms with Crippen LogP contribution in [0.1, 0.15) is 17.9 Å². The fourth-order valence-electron chi connectivity index (χ4n) is 3.26. The fourth-order valence-corrected chi connectivity index (χ4v) is 3.26. The summed E-state index contributed by atoms with van der Waals surface area (Å²) in [4.78, 5) is 0. The topological polar surface area (TPSA) is 95.2 Å². The van der Waals surface area contributed by atoms with E-state index >= 15 is 0 Å². The number of nitrogens with zero attached hydrogens (tertiary/aromatic N) is 4. The van der Waals surface area contributed by atoms with E-state index in [4.69, 9.17) is 0 Å². The van der Waals surface area contributed by atoms with Gasteiger partial charge in [-0.15, -0.1) is 6.58 Å². The van der Waals surface area contributed by atoms with Gasteiger partial charge >= 0.3 is 0 Å². The van der Waals surface area contributed by atoms with Gasteiger partial charge in [0.05, 0.1) is 24.3 Å². The molecule has 0 saturated heterocycles. The maximum atomic E-state index is 9.63. The van der Waals surface area contributed by atoms with Gasteiger partial charge in [-0.2, -0.15) is 21.0 Å². The highest BCUT2D eigenvalue weighted by Gasteiger charge is 2.64. The van der Waals surface area contributed by atoms with E-state index in [1.807, 2.05) is 6.07 Å². The number of benzene rings is 1. The average Bonchev–Trinajstić information content (AvgIpc) is 2.86. The van der Waals surface area contributed by atoms with Gasteiger partial charge < -0.3 is 0 Å². The van der Waals surface area contributed by atoms with Gasteiger partial charge in [0.15, 0.2) is 10.8 Å². The van der Waals surface area contributed by atoms with Crippen molar-refractivity contribution < 1.29 is 0 Å². The standard InChI is InChI=1S/C17H12N4/c1-2-14-8-16(9-18,10-19)15(17(14,11-20)12-21)13-6-4-3-5-7-13/h2-7,14-15H,1,8H2. The minimum atomic E-state index is -1.45. The smallest absolute Gasteiger partial charge is 0.159 e. The number of rotatable bonds is 2. The van der Waals surface area contributed by atoms with Gasteiger partial charge in [-0.3, -0.25) is 0 Å². The summed E-state index contributed by atoms with van der Waals surface area (Å²) in [6, 6.07) is 17.1. The van der Waals surface area contributed by atoms with Crippen LogP contribution >= 0.6 is 0 Å². The van der Waals surface area contributed by atoms with E-state index in [0.29, 0.717) is 5.56 Å². The van der Waals surface area contributed by atoms with Gasteiger partial charge in [-0.25, -0.2) is 0 Å². The summed E-state index contributed by atoms with van der Waals surface area (Å²) in [5.74, 6) is -1.30. The van der Waals surface area contributed by atoms with Gasteiger partial charge in [0.2, 0.25) is 0 Å². The van der Waals surface area contributed by atoms with Crippen molar-refractivity contribution in [2.24, 2.45) is 16.7 Å². The van der Waals surface area contributed by atoms with Crippen LogP contribution in [0.4, 0.5) is 0 Å². The van der Waals surface area contributed by atoms with Crippen LogP contribution in [0, 0.1) is 62.1 Å². The molecule has 0 aromatic heterocycles. The molecule has 1 aliphatic carbocycles. The molecule has 21 heavy (non-hydrogen) atoms. The summed E-state index contributed by atoms with van der Waals surface area (Å²) in [6.45, 7) is 3.68. The molecule has 0 bridgehead atoms. The van der Waals surface area contributed by atoms with Gasteiger partial charge in [0.1, 0.15) is 0 Å². The van der Waals surface area contributed by atoms with E-state index in [-0.39, 0.29) is 6.42 Å². The first kappa shape index (κ1) is 14.3. The lowest BCUT2D eigenvalue weighted by atomic mass is 9.66. The maximum absolute atomic E-state index is 9.63. The Balaban J connectivity index is 2.79. The Hall–Kier alpha value is -3.08. The normalized spacial score (nSPS) is 24.8. The Labute approximate surface area is 123 Å². The summed E-state index contributed by atoms with van der Waals surface area (Å²) in [5.41, 5.74) is -2.19. The zero-order valence-electron chi connectivity index (χ0n) is 11.3. The Morgan fingerprint density at radius 3 is 2.00 bits per heavy atom. The zero-order valence-corrected chi connectivity index (χ0v) is 11.3. The van der Waals surface area contributed by atoms with Crippen LogP contribution in [0.5, 0.6) is 0 Å². The molecule has 1 aromatic rings. The zero-order chi connectivity index (χ0) is 15.5. The molecule has 2 atom stereocenters. The van der Waals surface area contributed by atoms with Crippen molar-refractivity contribution in [2.45, 2.75) is 12.3 Å². The molecule has 4 heteroatoms. The molecule has 2 unspecified atom stereocenters. The molecule has 4 nitrogen and oxygen atoms in total. The van der Waals surface area contributed by atoms with Crippen molar-refractivity contribution in [3.8, 4) is 24.3 Å². The molecule has 1 aliphatic rings. The largest absolute Gasteiger partial charge is 0.197 e. The first-order chi connectivity index (χ1) is 10.1. The molecular formula is C17H12N4. The minimum absolute atomic E-state index is 0.143. The number of allylic oxidation sites excluding steroid dienone is 1. The highest BCUT2D eigenvalue weighted by molar-refractivity contribution is 5.45. The van der Waals surface area contributed by atoms with Gasteiger partial charge in [-0.05, 0) is 12.0 Å². The van der Waals surface area contributed by atoms with E-state index in [1.165, 1.54) is 6.08 Å². The predicted octanol–water partition coefficient (Wildman–Crippen LogP) is 3.04. The average molecular weight is 272 g/mol. The molecule has 1 aromatic carbocycles. The highest BCUT2D eigenvalue weighted by atomic mass is 14.6. The molecule has 0 aliphatic heterocycles. The van der Waals surface area contributed by atoms with Crippen molar-refractivity contribution in [3.05, 3.63) is 48.6 Å². The van der Waals surface area contributed by atoms with E-state index in [9.17, 15) is 21.0 Å². The van der Waals surface area contributed by atoms with Crippen molar-refractivity contribution in [1.29, 1.82) is 21.0 Å². The molecular weight excluding hydrogens is 260 g/mol. The summed E-state index contributed by atoms with van der Waals surface area (Å²) in [6.07, 6.45) is 1.66. The Morgan fingerprint density at radius 1 is 1.00 bits per heavy atom. The summed E-state index contributed by atoms with van der Waals surface area (Å²) < 4.78 is 0. The number of nitriles is 4. The second-order valence-corrected chi connectivity index (χ2v) is 5.18. The summed E-state index contributed by atoms with van der Waals surface area (Å²) in [7, 11) is 0. The maximum Gasteiger partial charge on any atom is 0.159 e. The third-order valence-electron chi connectivity index (χ3n) is 4.26. The van der Waals surface area contributed by atoms with E-state index in [2.05, 4.69) is 30.9 Å². The number of hydrogen-bond acceptors (Lipinski definition) is 4. The van der Waals surface area contributed by atoms with E-state index < -0.39 is 22.7 Å². The second-order valence-electron chi connectivity index (χ2n) is 5.18. The van der Waals surface area contributed by atoms with Crippen LogP contribution in [0.25, 0.3) is 0 Å². The van der Waals surface area contributed by atoms with Crippen molar-refractivity contribution in [2.75, 3.05) is 0 Å². The van der Waals surface area contributed by atoms with Crippen LogP contribution in [0.15, 0.2) is 43.0 Å². The molecule has 1 fully saturated rings. The van der Waals surface area contributed by atoms with Crippen LogP contribution < -0.4 is 0 Å². The van der Waals surface area contributed by atoms with E-state index in [0.717, 1.165) is 0 Å². The van der Waals surface area contributed by atoms with Gasteiger partial charge in [0, 0.05) is 11.8 Å². The lowest BCUT2D eigenvalue weighted by Crippen LogP contribution is -2.31. The minimum Gasteiger partial charge on any atom is -0.197 e. The van der Waals surface area contributed by atoms with Crippen molar-refractivity contribution in [1.82, 2.24) is 0 Å². The summed E-state index contributed by atoms with van der Waals surface area (Å²) >= 11 is 0. The third kappa shape index (κ3) is 1.79. The summed E-state index contributed by atoms with van der Waals surface area (Å²) in [5, 5.41) is 38.4. The number of hydrogen-bond donors (Lipinski definition) is 0. The Bertz CT molecular complexity index is 693. The molecule has 0 radical (unpaired) electrons. The quantitative estimate of drug-likeness (QED) is 0.773. The molecule has 1 saturated carbocycles. The molecule has 0 N–H and O–H groups in total. The fraction of sp³-hybridized carbons (Fsp3) is 0.294. The molecule has 0 amide bonds. The van der Waals surface area contributed by atoms with Gasteiger partial charge in [0.25, 0.3) is 0 Å². The lowest BCUT2D eigenvalue weighted by Gasteiger charge is -2.29. The van der Waals surface area contributed by atoms with Crippen molar-refractivity contribution in [3.63, 3.8) is 0 Å². The predicted molar refractivity (Wildman–Crippen MR) is 74.8 cm³/mol. The highest BCUT2D eigenvalue weighted by Crippen LogP contribution is 2.61. The monoisotopic (exact) mass is 272 g/mol. The molecule has 0 heterocycles. The molecule has 2 rings (SSSR count). The Morgan fingerprint density at radius 2 is 1.57 bits per heavy atom. The van der Waals surface area contributed by atoms with Crippen molar-refractivity contribution >= 4 is 0 Å². The second kappa shape index (κ2) is 5.13. The molecule has 0 spiro atoms. The van der Waals surface area contributed by atoms with Crippen LogP contribution in [0.3, 0.4) is 0 Å². The molecule has 100 valence electrons. The first-order valence-corrected chi connectivity index (χ1v) is 6.46. The first-order valence-electron chi connectivity index (χ1n) is 6.46. The van der Waals surface area contributed by atoms with Crippen LogP contribution in [-0.4, -0.2) is 0 Å². The van der Waals surface area contributed by atoms with Gasteiger partial charge in [-0.1, -0.05) is 36.4 Å². The van der Waals surface area contributed by atoms with Crippen LogP contribution in [0.2, 0.25) is 0 Å². The lowest BCUT2D eigenvalue weighted by molar-refractivity contribution is 0.371. The SMILES string of the molecule is C=CC1CC(C#N)(C#N)C(c2ccccc2)C1(C#N)C#N. The van der Waals surface area contributed by atoms with E-state index in [1.54, 1.807) is 24.3 Å². The third-order valence-corrected chi connectivity index (χ3v) is 4.26. The Kier molecular flexibility index (Phi) is 3.50. The van der Waals surface area contributed by atoms with Crippen LogP contribution in [-0.2, 0) is 0 Å².